The molecule has 0 spiro atoms. The van der Waals surface area contributed by atoms with Crippen molar-refractivity contribution >= 4 is 11.3 Å². The lowest BCUT2D eigenvalue weighted by atomic mass is 10.3. The monoisotopic (exact) mass is 267 g/mol. The van der Waals surface area contributed by atoms with Crippen molar-refractivity contribution in [1.29, 1.82) is 0 Å². The highest BCUT2D eigenvalue weighted by Gasteiger charge is 2.25. The summed E-state index contributed by atoms with van der Waals surface area (Å²) in [5, 5.41) is 6.41. The second kappa shape index (κ2) is 6.32. The number of alkyl halides is 3. The molecule has 1 unspecified atom stereocenters. The highest BCUT2D eigenvalue weighted by molar-refractivity contribution is 7.11. The topological polar surface area (TPSA) is 37.0 Å². The zero-order valence-electron chi connectivity index (χ0n) is 9.77. The van der Waals surface area contributed by atoms with Crippen LogP contribution in [0.2, 0.25) is 0 Å². The van der Waals surface area contributed by atoms with Crippen LogP contribution in [0.5, 0.6) is 0 Å². The Morgan fingerprint density at radius 2 is 2.12 bits per heavy atom. The Morgan fingerprint density at radius 1 is 1.41 bits per heavy atom. The number of nitrogens with zero attached hydrogens (tertiary/aromatic N) is 1. The molecule has 2 N–H and O–H groups in total. The Balaban J connectivity index is 2.15. The van der Waals surface area contributed by atoms with Gasteiger partial charge in [-0.25, -0.2) is 4.98 Å². The lowest BCUT2D eigenvalue weighted by Crippen LogP contribution is -2.34. The molecular weight excluding hydrogens is 251 g/mol. The lowest BCUT2D eigenvalue weighted by Gasteiger charge is -2.12. The third-order valence-electron chi connectivity index (χ3n) is 2.09. The first-order valence-corrected chi connectivity index (χ1v) is 6.13. The van der Waals surface area contributed by atoms with E-state index in [1.807, 2.05) is 13.8 Å². The fourth-order valence-corrected chi connectivity index (χ4v) is 2.07. The molecule has 17 heavy (non-hydrogen) atoms. The van der Waals surface area contributed by atoms with Gasteiger partial charge in [0.15, 0.2) is 0 Å². The molecule has 1 rings (SSSR count). The molecule has 3 nitrogen and oxygen atoms in total. The number of aryl methyl sites for hydroxylation is 1. The zero-order chi connectivity index (χ0) is 12.9. The van der Waals surface area contributed by atoms with Crippen LogP contribution in [0.4, 0.5) is 13.2 Å². The van der Waals surface area contributed by atoms with E-state index in [0.717, 1.165) is 9.88 Å². The minimum Gasteiger partial charge on any atom is -0.307 e. The second-order valence-electron chi connectivity index (χ2n) is 3.78. The Kier molecular flexibility index (Phi) is 5.35. The summed E-state index contributed by atoms with van der Waals surface area (Å²) in [6.07, 6.45) is -2.35. The quantitative estimate of drug-likeness (QED) is 0.776. The molecule has 7 heteroatoms. The number of hydrogen-bond acceptors (Lipinski definition) is 4. The van der Waals surface area contributed by atoms with Crippen molar-refractivity contribution in [2.45, 2.75) is 26.1 Å². The zero-order valence-corrected chi connectivity index (χ0v) is 10.6. The van der Waals surface area contributed by atoms with Gasteiger partial charge < -0.3 is 10.6 Å². The van der Waals surface area contributed by atoms with Crippen LogP contribution in [0.1, 0.15) is 22.9 Å². The summed E-state index contributed by atoms with van der Waals surface area (Å²) in [5.41, 5.74) is 0. The smallest absolute Gasteiger partial charge is 0.307 e. The van der Waals surface area contributed by atoms with Gasteiger partial charge in [-0.2, -0.15) is 13.2 Å². The van der Waals surface area contributed by atoms with Crippen LogP contribution in [0.15, 0.2) is 6.20 Å². The maximum Gasteiger partial charge on any atom is 0.401 e. The summed E-state index contributed by atoms with van der Waals surface area (Å²) >= 11 is 1.59. The van der Waals surface area contributed by atoms with Gasteiger partial charge in [-0.15, -0.1) is 11.3 Å². The van der Waals surface area contributed by atoms with Crippen molar-refractivity contribution in [3.63, 3.8) is 0 Å². The number of hydrogen-bond donors (Lipinski definition) is 2. The Morgan fingerprint density at radius 3 is 2.65 bits per heavy atom. The molecule has 1 aromatic rings. The molecule has 0 saturated carbocycles. The van der Waals surface area contributed by atoms with Crippen molar-refractivity contribution < 1.29 is 13.2 Å². The molecule has 0 bridgehead atoms. The lowest BCUT2D eigenvalue weighted by molar-refractivity contribution is -0.124. The fraction of sp³-hybridized carbons (Fsp3) is 0.700. The van der Waals surface area contributed by atoms with Gasteiger partial charge >= 0.3 is 6.18 Å². The van der Waals surface area contributed by atoms with E-state index in [9.17, 15) is 13.2 Å². The van der Waals surface area contributed by atoms with Crippen molar-refractivity contribution in [3.8, 4) is 0 Å². The predicted molar refractivity (Wildman–Crippen MR) is 62.2 cm³/mol. The number of halogens is 3. The van der Waals surface area contributed by atoms with E-state index in [-0.39, 0.29) is 12.6 Å². The molecule has 0 amide bonds. The van der Waals surface area contributed by atoms with Gasteiger partial charge in [0.05, 0.1) is 12.6 Å². The molecule has 1 atom stereocenters. The molecule has 0 aliphatic carbocycles. The third-order valence-corrected chi connectivity index (χ3v) is 3.18. The Bertz CT molecular complexity index is 338. The SMILES string of the molecule is Cc1cnc(C(C)NCCNCC(F)(F)F)s1. The average Bonchev–Trinajstić information content (AvgIpc) is 2.62. The third kappa shape index (κ3) is 5.99. The summed E-state index contributed by atoms with van der Waals surface area (Å²) in [7, 11) is 0. The normalized spacial score (nSPS) is 13.9. The van der Waals surface area contributed by atoms with E-state index in [0.29, 0.717) is 6.54 Å². The summed E-state index contributed by atoms with van der Waals surface area (Å²) in [4.78, 5) is 5.34. The van der Waals surface area contributed by atoms with Crippen molar-refractivity contribution in [3.05, 3.63) is 16.1 Å². The molecule has 0 saturated heterocycles. The first-order chi connectivity index (χ1) is 7.88. The summed E-state index contributed by atoms with van der Waals surface area (Å²) in [6, 6.07) is 0.0707. The van der Waals surface area contributed by atoms with Crippen LogP contribution in [-0.2, 0) is 0 Å². The van der Waals surface area contributed by atoms with Crippen molar-refractivity contribution in [2.75, 3.05) is 19.6 Å². The van der Waals surface area contributed by atoms with Gasteiger partial charge in [-0.1, -0.05) is 0 Å². The molecule has 1 heterocycles. The number of rotatable bonds is 6. The van der Waals surface area contributed by atoms with E-state index in [1.54, 1.807) is 17.5 Å². The highest BCUT2D eigenvalue weighted by Crippen LogP contribution is 2.18. The first-order valence-electron chi connectivity index (χ1n) is 5.31. The highest BCUT2D eigenvalue weighted by atomic mass is 32.1. The van der Waals surface area contributed by atoms with E-state index in [4.69, 9.17) is 0 Å². The van der Waals surface area contributed by atoms with E-state index in [1.165, 1.54) is 0 Å². The number of thiazole rings is 1. The number of nitrogens with one attached hydrogen (secondary N) is 2. The summed E-state index contributed by atoms with van der Waals surface area (Å²) in [6.45, 7) is 3.74. The minimum absolute atomic E-state index is 0.0707. The van der Waals surface area contributed by atoms with Crippen LogP contribution in [0, 0.1) is 6.92 Å². The van der Waals surface area contributed by atoms with Crippen LogP contribution in [0.3, 0.4) is 0 Å². The van der Waals surface area contributed by atoms with Crippen LogP contribution in [0.25, 0.3) is 0 Å². The largest absolute Gasteiger partial charge is 0.401 e. The van der Waals surface area contributed by atoms with Crippen LogP contribution < -0.4 is 10.6 Å². The molecule has 0 aliphatic rings. The van der Waals surface area contributed by atoms with Crippen molar-refractivity contribution in [2.24, 2.45) is 0 Å². The molecule has 0 radical (unpaired) electrons. The van der Waals surface area contributed by atoms with Crippen LogP contribution in [-0.4, -0.2) is 30.8 Å². The molecular formula is C10H16F3N3S. The molecule has 98 valence electrons. The second-order valence-corrected chi connectivity index (χ2v) is 5.04. The van der Waals surface area contributed by atoms with E-state index in [2.05, 4.69) is 15.6 Å². The van der Waals surface area contributed by atoms with Gasteiger partial charge in [0, 0.05) is 24.2 Å². The molecule has 0 fully saturated rings. The molecule has 0 aromatic carbocycles. The fourth-order valence-electron chi connectivity index (χ4n) is 1.27. The van der Waals surface area contributed by atoms with E-state index < -0.39 is 12.7 Å². The van der Waals surface area contributed by atoms with Gasteiger partial charge in [0.1, 0.15) is 5.01 Å². The first kappa shape index (κ1) is 14.4. The summed E-state index contributed by atoms with van der Waals surface area (Å²) in [5.74, 6) is 0. The average molecular weight is 267 g/mol. The van der Waals surface area contributed by atoms with Gasteiger partial charge in [0.2, 0.25) is 0 Å². The molecule has 0 aliphatic heterocycles. The summed E-state index contributed by atoms with van der Waals surface area (Å²) < 4.78 is 35.5. The maximum absolute atomic E-state index is 11.8. The van der Waals surface area contributed by atoms with E-state index >= 15 is 0 Å². The molecule has 1 aromatic heterocycles. The van der Waals surface area contributed by atoms with Gasteiger partial charge in [-0.05, 0) is 13.8 Å². The Labute approximate surface area is 102 Å². The predicted octanol–water partition coefficient (Wildman–Crippen LogP) is 2.25. The van der Waals surface area contributed by atoms with Crippen molar-refractivity contribution in [1.82, 2.24) is 15.6 Å². The van der Waals surface area contributed by atoms with Gasteiger partial charge in [0.25, 0.3) is 0 Å². The Hall–Kier alpha value is -0.660. The standard InChI is InChI=1S/C10H16F3N3S/c1-7-5-16-9(17-7)8(2)15-4-3-14-6-10(11,12)13/h5,8,14-15H,3-4,6H2,1-2H3. The maximum atomic E-state index is 11.8. The van der Waals surface area contributed by atoms with Crippen LogP contribution >= 0.6 is 11.3 Å². The minimum atomic E-state index is -4.14. The number of aromatic nitrogens is 1. The van der Waals surface area contributed by atoms with Gasteiger partial charge in [-0.3, -0.25) is 0 Å².